The van der Waals surface area contributed by atoms with Crippen LogP contribution in [0, 0.1) is 0 Å². The first kappa shape index (κ1) is 22.1. The SMILES string of the molecule is CCNC(=O)Nc1ccc(-c2nc3c(c(N4CCOC[C@@H]4C)n2)CN(c2nccn2C)C3)cc1. The average Bonchev–Trinajstić information content (AvgIpc) is 3.45. The fourth-order valence-electron chi connectivity index (χ4n) is 4.49. The minimum absolute atomic E-state index is 0.220. The largest absolute Gasteiger partial charge is 0.377 e. The molecule has 0 unspecified atom stereocenters. The zero-order valence-electron chi connectivity index (χ0n) is 19.8. The third kappa shape index (κ3) is 4.28. The lowest BCUT2D eigenvalue weighted by Gasteiger charge is -2.35. The molecule has 2 N–H and O–H groups in total. The van der Waals surface area contributed by atoms with E-state index < -0.39 is 0 Å². The van der Waals surface area contributed by atoms with E-state index in [4.69, 9.17) is 14.7 Å². The van der Waals surface area contributed by atoms with Crippen LogP contribution in [0.4, 0.5) is 22.2 Å². The predicted octanol–water partition coefficient (Wildman–Crippen LogP) is 2.76. The van der Waals surface area contributed by atoms with Gasteiger partial charge in [0.15, 0.2) is 5.82 Å². The summed E-state index contributed by atoms with van der Waals surface area (Å²) in [6.07, 6.45) is 3.77. The number of aryl methyl sites for hydroxylation is 1. The van der Waals surface area contributed by atoms with Crippen LogP contribution in [0.5, 0.6) is 0 Å². The number of aromatic nitrogens is 4. The first-order valence-corrected chi connectivity index (χ1v) is 11.6. The van der Waals surface area contributed by atoms with Crippen molar-refractivity contribution in [3.8, 4) is 11.4 Å². The van der Waals surface area contributed by atoms with Gasteiger partial charge in [-0.05, 0) is 38.1 Å². The highest BCUT2D eigenvalue weighted by atomic mass is 16.5. The quantitative estimate of drug-likeness (QED) is 0.601. The molecule has 10 heteroatoms. The molecule has 5 rings (SSSR count). The Bertz CT molecular complexity index is 1180. The molecule has 2 aromatic heterocycles. The molecule has 0 aliphatic carbocycles. The Kier molecular flexibility index (Phi) is 6.06. The number of carbonyl (C=O) groups is 1. The van der Waals surface area contributed by atoms with Crippen LogP contribution in [0.2, 0.25) is 0 Å². The second-order valence-electron chi connectivity index (χ2n) is 8.67. The molecule has 2 aliphatic rings. The van der Waals surface area contributed by atoms with E-state index in [1.165, 1.54) is 0 Å². The van der Waals surface area contributed by atoms with Crippen molar-refractivity contribution in [3.63, 3.8) is 0 Å². The Morgan fingerprint density at radius 3 is 2.74 bits per heavy atom. The zero-order valence-corrected chi connectivity index (χ0v) is 19.8. The van der Waals surface area contributed by atoms with Gasteiger partial charge in [-0.1, -0.05) is 0 Å². The van der Waals surface area contributed by atoms with E-state index in [0.717, 1.165) is 47.4 Å². The van der Waals surface area contributed by atoms with E-state index in [9.17, 15) is 4.79 Å². The fraction of sp³-hybridized carbons (Fsp3) is 0.417. The Labute approximate surface area is 199 Å². The van der Waals surface area contributed by atoms with Crippen LogP contribution in [-0.2, 0) is 24.9 Å². The monoisotopic (exact) mass is 462 g/mol. The summed E-state index contributed by atoms with van der Waals surface area (Å²) in [5, 5.41) is 5.56. The van der Waals surface area contributed by atoms with Crippen molar-refractivity contribution in [1.82, 2.24) is 24.8 Å². The van der Waals surface area contributed by atoms with Crippen molar-refractivity contribution in [2.75, 3.05) is 41.4 Å². The van der Waals surface area contributed by atoms with E-state index in [1.807, 2.05) is 55.2 Å². The van der Waals surface area contributed by atoms with Crippen molar-refractivity contribution in [2.45, 2.75) is 33.0 Å². The fourth-order valence-corrected chi connectivity index (χ4v) is 4.49. The van der Waals surface area contributed by atoms with Gasteiger partial charge in [0.2, 0.25) is 5.95 Å². The maximum Gasteiger partial charge on any atom is 0.319 e. The lowest BCUT2D eigenvalue weighted by atomic mass is 10.1. The summed E-state index contributed by atoms with van der Waals surface area (Å²) in [6, 6.07) is 7.65. The number of ether oxygens (including phenoxy) is 1. The van der Waals surface area contributed by atoms with Crippen LogP contribution in [0.1, 0.15) is 25.1 Å². The van der Waals surface area contributed by atoms with E-state index in [1.54, 1.807) is 0 Å². The van der Waals surface area contributed by atoms with Crippen molar-refractivity contribution >= 4 is 23.5 Å². The molecule has 178 valence electrons. The lowest BCUT2D eigenvalue weighted by molar-refractivity contribution is 0.0984. The molecule has 10 nitrogen and oxygen atoms in total. The molecule has 4 heterocycles. The minimum Gasteiger partial charge on any atom is -0.377 e. The zero-order chi connectivity index (χ0) is 23.7. The molecule has 2 amide bonds. The summed E-state index contributed by atoms with van der Waals surface area (Å²) < 4.78 is 7.70. The molecule has 1 atom stereocenters. The summed E-state index contributed by atoms with van der Waals surface area (Å²) in [5.74, 6) is 2.57. The van der Waals surface area contributed by atoms with Gasteiger partial charge in [-0.15, -0.1) is 0 Å². The number of hydrogen-bond acceptors (Lipinski definition) is 7. The van der Waals surface area contributed by atoms with Gasteiger partial charge in [-0.3, -0.25) is 0 Å². The Morgan fingerprint density at radius 1 is 1.21 bits per heavy atom. The van der Waals surface area contributed by atoms with Crippen molar-refractivity contribution in [3.05, 3.63) is 47.9 Å². The molecule has 2 aliphatic heterocycles. The third-order valence-electron chi connectivity index (χ3n) is 6.22. The van der Waals surface area contributed by atoms with Gasteiger partial charge in [0.05, 0.1) is 38.0 Å². The van der Waals surface area contributed by atoms with E-state index in [-0.39, 0.29) is 12.1 Å². The molecule has 0 spiro atoms. The molecule has 1 fully saturated rings. The molecule has 1 aromatic carbocycles. The second kappa shape index (κ2) is 9.30. The van der Waals surface area contributed by atoms with Crippen LogP contribution in [-0.4, -0.2) is 57.9 Å². The van der Waals surface area contributed by atoms with Gasteiger partial charge in [0.25, 0.3) is 0 Å². The molecule has 0 bridgehead atoms. The molecule has 1 saturated heterocycles. The van der Waals surface area contributed by atoms with E-state index in [2.05, 4.69) is 32.3 Å². The minimum atomic E-state index is -0.220. The molecular formula is C24H30N8O2. The Hall–Kier alpha value is -3.66. The van der Waals surface area contributed by atoms with Crippen molar-refractivity contribution < 1.29 is 9.53 Å². The van der Waals surface area contributed by atoms with Gasteiger partial charge in [-0.2, -0.15) is 0 Å². The maximum atomic E-state index is 11.8. The molecule has 34 heavy (non-hydrogen) atoms. The number of hydrogen-bond donors (Lipinski definition) is 2. The number of nitrogens with zero attached hydrogens (tertiary/aromatic N) is 6. The first-order chi connectivity index (χ1) is 16.5. The smallest absolute Gasteiger partial charge is 0.319 e. The van der Waals surface area contributed by atoms with Gasteiger partial charge in [-0.25, -0.2) is 19.7 Å². The van der Waals surface area contributed by atoms with Gasteiger partial charge in [0, 0.05) is 49.3 Å². The maximum absolute atomic E-state index is 11.8. The van der Waals surface area contributed by atoms with Gasteiger partial charge < -0.3 is 29.7 Å². The van der Waals surface area contributed by atoms with Crippen LogP contribution in [0.3, 0.4) is 0 Å². The number of anilines is 3. The highest BCUT2D eigenvalue weighted by molar-refractivity contribution is 5.89. The van der Waals surface area contributed by atoms with Crippen molar-refractivity contribution in [1.29, 1.82) is 0 Å². The number of urea groups is 1. The third-order valence-corrected chi connectivity index (χ3v) is 6.22. The van der Waals surface area contributed by atoms with Crippen LogP contribution < -0.4 is 20.4 Å². The summed E-state index contributed by atoms with van der Waals surface area (Å²) in [5.41, 5.74) is 3.79. The van der Waals surface area contributed by atoms with E-state index in [0.29, 0.717) is 32.1 Å². The summed E-state index contributed by atoms with van der Waals surface area (Å²) in [4.78, 5) is 30.9. The Morgan fingerprint density at radius 2 is 2.03 bits per heavy atom. The predicted molar refractivity (Wildman–Crippen MR) is 131 cm³/mol. The number of rotatable bonds is 5. The highest BCUT2D eigenvalue weighted by Gasteiger charge is 2.32. The summed E-state index contributed by atoms with van der Waals surface area (Å²) in [6.45, 7) is 8.18. The normalized spacial score (nSPS) is 17.6. The van der Waals surface area contributed by atoms with Gasteiger partial charge >= 0.3 is 6.03 Å². The van der Waals surface area contributed by atoms with E-state index >= 15 is 0 Å². The number of benzene rings is 1. The summed E-state index contributed by atoms with van der Waals surface area (Å²) >= 11 is 0. The number of imidazole rings is 1. The van der Waals surface area contributed by atoms with Gasteiger partial charge in [0.1, 0.15) is 5.82 Å². The highest BCUT2D eigenvalue weighted by Crippen LogP contribution is 2.35. The number of nitrogens with one attached hydrogen (secondary N) is 2. The average molecular weight is 463 g/mol. The lowest BCUT2D eigenvalue weighted by Crippen LogP contribution is -2.44. The molecule has 0 saturated carbocycles. The summed E-state index contributed by atoms with van der Waals surface area (Å²) in [7, 11) is 2.00. The van der Waals surface area contributed by atoms with Crippen LogP contribution >= 0.6 is 0 Å². The Balaban J connectivity index is 1.49. The second-order valence-corrected chi connectivity index (χ2v) is 8.67. The number of fused-ring (bicyclic) bond motifs is 1. The molecule has 0 radical (unpaired) electrons. The van der Waals surface area contributed by atoms with Crippen LogP contribution in [0.15, 0.2) is 36.7 Å². The topological polar surface area (TPSA) is 100 Å². The number of morpholine rings is 1. The standard InChI is InChI=1S/C24H30N8O2/c1-4-25-23(33)27-18-7-5-17(6-8-18)21-28-20-14-31(24-26-9-10-30(24)3)13-19(20)22(29-21)32-11-12-34-15-16(32)2/h5-10,16H,4,11-15H2,1-3H3,(H2,25,27,33)/t16-/m0/s1. The van der Waals surface area contributed by atoms with Crippen molar-refractivity contribution in [2.24, 2.45) is 7.05 Å². The number of amides is 2. The molecule has 3 aromatic rings. The number of carbonyl (C=O) groups excluding carboxylic acids is 1. The molecular weight excluding hydrogens is 432 g/mol. The van der Waals surface area contributed by atoms with Crippen LogP contribution in [0.25, 0.3) is 11.4 Å². The first-order valence-electron chi connectivity index (χ1n) is 11.6.